The normalized spacial score (nSPS) is 39.3. The van der Waals surface area contributed by atoms with E-state index in [9.17, 15) is 4.79 Å². The molecule has 24 heavy (non-hydrogen) atoms. The summed E-state index contributed by atoms with van der Waals surface area (Å²) < 4.78 is 0. The number of carbonyl (C=O) groups excluding carboxylic acids is 1. The third-order valence-electron chi connectivity index (χ3n) is 7.01. The number of amides is 1. The SMILES string of the molecule is CC1(C)C(=O)N(C2C3CC4CC(C3)CC2C4)N1c1ccc(Cl)cc1. The number of nitrogens with zero attached hydrogens (tertiary/aromatic N) is 2. The first-order valence-electron chi connectivity index (χ1n) is 9.34. The summed E-state index contributed by atoms with van der Waals surface area (Å²) in [6.45, 7) is 4.08. The molecule has 0 atom stereocenters. The van der Waals surface area contributed by atoms with Crippen molar-refractivity contribution in [1.29, 1.82) is 0 Å². The molecule has 1 amide bonds. The summed E-state index contributed by atoms with van der Waals surface area (Å²) in [7, 11) is 0. The molecule has 0 unspecified atom stereocenters. The van der Waals surface area contributed by atoms with Crippen LogP contribution in [0.15, 0.2) is 24.3 Å². The van der Waals surface area contributed by atoms with Crippen molar-refractivity contribution in [2.45, 2.75) is 57.5 Å². The fraction of sp³-hybridized carbons (Fsp3) is 0.650. The van der Waals surface area contributed by atoms with E-state index in [2.05, 4.69) is 10.0 Å². The lowest BCUT2D eigenvalue weighted by atomic mass is 9.53. The van der Waals surface area contributed by atoms with Gasteiger partial charge in [-0.2, -0.15) is 0 Å². The lowest BCUT2D eigenvalue weighted by Crippen LogP contribution is -2.80. The molecule has 1 aromatic carbocycles. The zero-order valence-electron chi connectivity index (χ0n) is 14.4. The van der Waals surface area contributed by atoms with E-state index in [-0.39, 0.29) is 5.91 Å². The van der Waals surface area contributed by atoms with Gasteiger partial charge in [0.15, 0.2) is 0 Å². The van der Waals surface area contributed by atoms with Crippen LogP contribution in [0.3, 0.4) is 0 Å². The van der Waals surface area contributed by atoms with E-state index in [1.165, 1.54) is 32.1 Å². The van der Waals surface area contributed by atoms with Gasteiger partial charge in [-0.25, -0.2) is 5.01 Å². The highest BCUT2D eigenvalue weighted by Gasteiger charge is 2.61. The molecule has 4 bridgehead atoms. The Morgan fingerprint density at radius 3 is 2.04 bits per heavy atom. The standard InChI is InChI=1S/C20H25ClN2O/c1-20(2)19(24)22(23(20)17-5-3-16(21)4-6-17)18-14-8-12-7-13(10-14)11-15(18)9-12/h3-6,12-15,18H,7-11H2,1-2H3. The van der Waals surface area contributed by atoms with Crippen molar-refractivity contribution in [1.82, 2.24) is 5.01 Å². The maximum Gasteiger partial charge on any atom is 0.268 e. The number of benzene rings is 1. The van der Waals surface area contributed by atoms with Crippen LogP contribution in [-0.2, 0) is 4.79 Å². The Morgan fingerprint density at radius 2 is 1.50 bits per heavy atom. The van der Waals surface area contributed by atoms with Gasteiger partial charge in [0, 0.05) is 5.02 Å². The van der Waals surface area contributed by atoms with Crippen molar-refractivity contribution in [3.05, 3.63) is 29.3 Å². The number of carbonyl (C=O) groups is 1. The molecule has 4 aliphatic carbocycles. The zero-order chi connectivity index (χ0) is 16.6. The minimum atomic E-state index is -0.456. The number of rotatable bonds is 2. The number of anilines is 1. The maximum absolute atomic E-state index is 13.0. The molecule has 1 aliphatic heterocycles. The number of hydrogen-bond donors (Lipinski definition) is 0. The lowest BCUT2D eigenvalue weighted by Gasteiger charge is -2.65. The summed E-state index contributed by atoms with van der Waals surface area (Å²) in [5.41, 5.74) is 0.625. The average Bonchev–Trinajstić information content (AvgIpc) is 2.54. The van der Waals surface area contributed by atoms with Gasteiger partial charge in [0.2, 0.25) is 0 Å². The van der Waals surface area contributed by atoms with E-state index in [4.69, 9.17) is 11.6 Å². The second kappa shape index (κ2) is 4.91. The molecule has 0 radical (unpaired) electrons. The Labute approximate surface area is 148 Å². The van der Waals surface area contributed by atoms with E-state index in [0.29, 0.717) is 17.9 Å². The highest BCUT2D eigenvalue weighted by molar-refractivity contribution is 6.30. The average molecular weight is 345 g/mol. The minimum absolute atomic E-state index is 0.287. The van der Waals surface area contributed by atoms with Crippen LogP contribution in [0.1, 0.15) is 46.0 Å². The molecule has 6 rings (SSSR count). The van der Waals surface area contributed by atoms with Crippen LogP contribution in [0.5, 0.6) is 0 Å². The molecule has 1 heterocycles. The Kier molecular flexibility index (Phi) is 3.08. The van der Waals surface area contributed by atoms with Gasteiger partial charge >= 0.3 is 0 Å². The van der Waals surface area contributed by atoms with Gasteiger partial charge in [-0.05, 0) is 93.9 Å². The summed E-state index contributed by atoms with van der Waals surface area (Å²) in [4.78, 5) is 13.0. The van der Waals surface area contributed by atoms with Crippen LogP contribution in [0.4, 0.5) is 5.69 Å². The Hall–Kier alpha value is -1.22. The van der Waals surface area contributed by atoms with Gasteiger partial charge in [0.1, 0.15) is 5.54 Å². The molecular weight excluding hydrogens is 320 g/mol. The zero-order valence-corrected chi connectivity index (χ0v) is 15.2. The highest BCUT2D eigenvalue weighted by atomic mass is 35.5. The van der Waals surface area contributed by atoms with E-state index in [1.54, 1.807) is 0 Å². The van der Waals surface area contributed by atoms with Gasteiger partial charge in [-0.1, -0.05) is 11.6 Å². The largest absolute Gasteiger partial charge is 0.270 e. The van der Waals surface area contributed by atoms with E-state index < -0.39 is 5.54 Å². The van der Waals surface area contributed by atoms with Crippen LogP contribution in [0, 0.1) is 23.7 Å². The van der Waals surface area contributed by atoms with Gasteiger partial charge in [0.25, 0.3) is 5.91 Å². The van der Waals surface area contributed by atoms with Crippen LogP contribution in [-0.4, -0.2) is 22.5 Å². The predicted octanol–water partition coefficient (Wildman–Crippen LogP) is 4.51. The Morgan fingerprint density at radius 1 is 0.958 bits per heavy atom. The Balaban J connectivity index is 1.50. The fourth-order valence-electron chi connectivity index (χ4n) is 6.28. The molecule has 1 saturated heterocycles. The van der Waals surface area contributed by atoms with Gasteiger partial charge < -0.3 is 0 Å². The summed E-state index contributed by atoms with van der Waals surface area (Å²) in [5.74, 6) is 3.55. The number of halogens is 1. The molecule has 4 heteroatoms. The molecular formula is C20H25ClN2O. The van der Waals surface area contributed by atoms with E-state index in [1.807, 2.05) is 38.1 Å². The number of hydrogen-bond acceptors (Lipinski definition) is 2. The quantitative estimate of drug-likeness (QED) is 0.788. The Bertz CT molecular complexity index is 655. The summed E-state index contributed by atoms with van der Waals surface area (Å²) >= 11 is 6.06. The second-order valence-electron chi connectivity index (χ2n) is 8.92. The molecule has 4 saturated carbocycles. The van der Waals surface area contributed by atoms with Crippen molar-refractivity contribution >= 4 is 23.2 Å². The molecule has 0 spiro atoms. The van der Waals surface area contributed by atoms with Gasteiger partial charge in [-0.15, -0.1) is 0 Å². The van der Waals surface area contributed by atoms with Crippen molar-refractivity contribution in [3.63, 3.8) is 0 Å². The van der Waals surface area contributed by atoms with Crippen molar-refractivity contribution < 1.29 is 4.79 Å². The summed E-state index contributed by atoms with van der Waals surface area (Å²) in [6, 6.07) is 8.34. The first kappa shape index (κ1) is 15.1. The smallest absolute Gasteiger partial charge is 0.268 e. The molecule has 128 valence electrons. The first-order chi connectivity index (χ1) is 11.4. The van der Waals surface area contributed by atoms with Crippen molar-refractivity contribution in [2.24, 2.45) is 23.7 Å². The van der Waals surface area contributed by atoms with Crippen LogP contribution >= 0.6 is 11.6 Å². The van der Waals surface area contributed by atoms with Gasteiger partial charge in [0.05, 0.1) is 11.7 Å². The third-order valence-corrected chi connectivity index (χ3v) is 7.26. The van der Waals surface area contributed by atoms with E-state index in [0.717, 1.165) is 22.5 Å². The van der Waals surface area contributed by atoms with Crippen LogP contribution in [0.2, 0.25) is 5.02 Å². The second-order valence-corrected chi connectivity index (χ2v) is 9.35. The molecule has 1 aromatic rings. The number of hydrazine groups is 1. The topological polar surface area (TPSA) is 23.6 Å². The fourth-order valence-corrected chi connectivity index (χ4v) is 6.41. The minimum Gasteiger partial charge on any atom is -0.270 e. The highest BCUT2D eigenvalue weighted by Crippen LogP contribution is 2.57. The molecule has 0 aromatic heterocycles. The van der Waals surface area contributed by atoms with Crippen molar-refractivity contribution in [3.8, 4) is 0 Å². The lowest BCUT2D eigenvalue weighted by molar-refractivity contribution is -0.170. The van der Waals surface area contributed by atoms with Crippen molar-refractivity contribution in [2.75, 3.05) is 5.01 Å². The maximum atomic E-state index is 13.0. The van der Waals surface area contributed by atoms with Crippen LogP contribution in [0.25, 0.3) is 0 Å². The summed E-state index contributed by atoms with van der Waals surface area (Å²) in [5, 5.41) is 5.10. The first-order valence-corrected chi connectivity index (χ1v) is 9.72. The molecule has 5 fully saturated rings. The predicted molar refractivity (Wildman–Crippen MR) is 95.7 cm³/mol. The van der Waals surface area contributed by atoms with Gasteiger partial charge in [-0.3, -0.25) is 9.80 Å². The van der Waals surface area contributed by atoms with E-state index >= 15 is 0 Å². The molecule has 5 aliphatic rings. The third kappa shape index (κ3) is 1.94. The van der Waals surface area contributed by atoms with Crippen LogP contribution < -0.4 is 5.01 Å². The molecule has 0 N–H and O–H groups in total. The summed E-state index contributed by atoms with van der Waals surface area (Å²) in [6.07, 6.45) is 6.76. The molecule has 3 nitrogen and oxygen atoms in total. The monoisotopic (exact) mass is 344 g/mol.